The quantitative estimate of drug-likeness (QED) is 0.438. The summed E-state index contributed by atoms with van der Waals surface area (Å²) in [6.45, 7) is 4.64. The van der Waals surface area contributed by atoms with Gasteiger partial charge in [-0.1, -0.05) is 23.7 Å². The summed E-state index contributed by atoms with van der Waals surface area (Å²) in [5.74, 6) is -0.275. The molecule has 2 heterocycles. The number of rotatable bonds is 8. The third kappa shape index (κ3) is 6.36. The summed E-state index contributed by atoms with van der Waals surface area (Å²) in [5.41, 5.74) is 0.613. The van der Waals surface area contributed by atoms with Gasteiger partial charge in [0.2, 0.25) is 11.8 Å². The fourth-order valence-electron chi connectivity index (χ4n) is 6.25. The van der Waals surface area contributed by atoms with Crippen LogP contribution in [-0.2, 0) is 14.3 Å². The smallest absolute Gasteiger partial charge is 0.410 e. The van der Waals surface area contributed by atoms with E-state index in [1.54, 1.807) is 12.0 Å². The molecule has 2 aromatic carbocycles. The van der Waals surface area contributed by atoms with E-state index >= 15 is 0 Å². The Hall–Kier alpha value is -3.17. The molecule has 8 nitrogen and oxygen atoms in total. The van der Waals surface area contributed by atoms with Gasteiger partial charge >= 0.3 is 6.09 Å². The zero-order valence-corrected chi connectivity index (χ0v) is 24.3. The van der Waals surface area contributed by atoms with Crippen molar-refractivity contribution in [3.05, 3.63) is 64.9 Å². The summed E-state index contributed by atoms with van der Waals surface area (Å²) in [4.78, 5) is 45.5. The first kappa shape index (κ1) is 29.3. The summed E-state index contributed by atoms with van der Waals surface area (Å²) in [6.07, 6.45) is 2.40. The highest BCUT2D eigenvalue weighted by atomic mass is 35.5. The number of nitrogens with zero attached hydrogens (tertiary/aromatic N) is 3. The first-order valence-corrected chi connectivity index (χ1v) is 14.7. The maximum atomic E-state index is 13.8. The van der Waals surface area contributed by atoms with Gasteiger partial charge in [-0.05, 0) is 74.6 Å². The minimum Gasteiger partial charge on any atom is -0.410 e. The molecular formula is C31H37ClFN3O5. The SMILES string of the molecule is CCN(C(=O)Oc1ccc(F)cc1)C1CN(C(=O)C2CCN(C(=O)C3(COC)CC3)CC2)CC1c1ccc(Cl)cc1. The number of ether oxygens (including phenoxy) is 2. The van der Waals surface area contributed by atoms with Crippen LogP contribution in [-0.4, -0.2) is 85.1 Å². The number of hydrogen-bond acceptors (Lipinski definition) is 5. The molecular weight excluding hydrogens is 549 g/mol. The van der Waals surface area contributed by atoms with Gasteiger partial charge in [-0.2, -0.15) is 0 Å². The maximum absolute atomic E-state index is 13.8. The van der Waals surface area contributed by atoms with Crippen LogP contribution >= 0.6 is 11.6 Å². The van der Waals surface area contributed by atoms with Gasteiger partial charge in [0.05, 0.1) is 18.1 Å². The molecule has 41 heavy (non-hydrogen) atoms. The van der Waals surface area contributed by atoms with Gasteiger partial charge in [0.15, 0.2) is 0 Å². The molecule has 2 atom stereocenters. The van der Waals surface area contributed by atoms with Crippen LogP contribution in [0.4, 0.5) is 9.18 Å². The molecule has 2 saturated heterocycles. The molecule has 5 rings (SSSR count). The lowest BCUT2D eigenvalue weighted by molar-refractivity contribution is -0.144. The van der Waals surface area contributed by atoms with Crippen molar-refractivity contribution in [2.45, 2.75) is 44.6 Å². The van der Waals surface area contributed by atoms with E-state index in [-0.39, 0.29) is 40.9 Å². The van der Waals surface area contributed by atoms with Gasteiger partial charge in [0.1, 0.15) is 11.6 Å². The van der Waals surface area contributed by atoms with Crippen molar-refractivity contribution in [3.8, 4) is 5.75 Å². The predicted octanol–water partition coefficient (Wildman–Crippen LogP) is 4.96. The van der Waals surface area contributed by atoms with Crippen molar-refractivity contribution in [3.63, 3.8) is 0 Å². The topological polar surface area (TPSA) is 79.4 Å². The molecule has 0 aromatic heterocycles. The lowest BCUT2D eigenvalue weighted by Crippen LogP contribution is -2.48. The van der Waals surface area contributed by atoms with Gasteiger partial charge < -0.3 is 24.2 Å². The summed E-state index contributed by atoms with van der Waals surface area (Å²) < 4.78 is 24.2. The second-order valence-corrected chi connectivity index (χ2v) is 11.8. The molecule has 2 unspecified atom stereocenters. The summed E-state index contributed by atoms with van der Waals surface area (Å²) in [6, 6.07) is 12.5. The highest BCUT2D eigenvalue weighted by Crippen LogP contribution is 2.48. The van der Waals surface area contributed by atoms with Gasteiger partial charge in [0, 0.05) is 56.7 Å². The second-order valence-electron chi connectivity index (χ2n) is 11.4. The van der Waals surface area contributed by atoms with E-state index in [2.05, 4.69) is 0 Å². The lowest BCUT2D eigenvalue weighted by Gasteiger charge is -2.35. The fraction of sp³-hybridized carbons (Fsp3) is 0.516. The monoisotopic (exact) mass is 585 g/mol. The second kappa shape index (κ2) is 12.4. The largest absolute Gasteiger partial charge is 0.415 e. The van der Waals surface area contributed by atoms with Crippen molar-refractivity contribution < 1.29 is 28.2 Å². The predicted molar refractivity (Wildman–Crippen MR) is 152 cm³/mol. The zero-order valence-electron chi connectivity index (χ0n) is 23.6. The van der Waals surface area contributed by atoms with E-state index in [0.717, 1.165) is 18.4 Å². The molecule has 2 aliphatic heterocycles. The standard InChI is InChI=1S/C31H37ClFN3O5/c1-3-36(30(39)41-25-10-8-24(33)9-11-25)27-19-35(18-26(27)21-4-6-23(32)7-5-21)28(37)22-12-16-34(17-13-22)29(38)31(14-15-31)20-40-2/h4-11,22,26-27H,3,12-20H2,1-2H3. The Balaban J connectivity index is 1.28. The third-order valence-corrected chi connectivity index (χ3v) is 9.00. The number of likely N-dealkylation sites (N-methyl/N-ethyl adjacent to an activating group) is 1. The molecule has 0 bridgehead atoms. The number of amides is 3. The van der Waals surface area contributed by atoms with Gasteiger partial charge in [0.25, 0.3) is 0 Å². The van der Waals surface area contributed by atoms with Gasteiger partial charge in [-0.3, -0.25) is 9.59 Å². The highest BCUT2D eigenvalue weighted by molar-refractivity contribution is 6.30. The van der Waals surface area contributed by atoms with Crippen molar-refractivity contribution in [1.82, 2.24) is 14.7 Å². The molecule has 10 heteroatoms. The van der Waals surface area contributed by atoms with Crippen molar-refractivity contribution in [1.29, 1.82) is 0 Å². The van der Waals surface area contributed by atoms with Crippen LogP contribution < -0.4 is 4.74 Å². The Morgan fingerprint density at radius 1 is 1.00 bits per heavy atom. The van der Waals surface area contributed by atoms with E-state index in [1.807, 2.05) is 41.0 Å². The Bertz CT molecular complexity index is 1250. The molecule has 0 N–H and O–H groups in total. The van der Waals surface area contributed by atoms with Crippen molar-refractivity contribution >= 4 is 29.5 Å². The Morgan fingerprint density at radius 3 is 2.24 bits per heavy atom. The number of halogens is 2. The first-order valence-electron chi connectivity index (χ1n) is 14.3. The molecule has 0 radical (unpaired) electrons. The number of carbonyl (C=O) groups excluding carboxylic acids is 3. The zero-order chi connectivity index (χ0) is 29.1. The molecule has 220 valence electrons. The van der Waals surface area contributed by atoms with Crippen molar-refractivity contribution in [2.24, 2.45) is 11.3 Å². The lowest BCUT2D eigenvalue weighted by atomic mass is 9.93. The minimum absolute atomic E-state index is 0.0551. The summed E-state index contributed by atoms with van der Waals surface area (Å²) in [7, 11) is 1.63. The number of hydrogen-bond donors (Lipinski definition) is 0. The van der Waals surface area contributed by atoms with Crippen molar-refractivity contribution in [2.75, 3.05) is 46.4 Å². The molecule has 3 fully saturated rings. The van der Waals surface area contributed by atoms with Gasteiger partial charge in [-0.15, -0.1) is 0 Å². The van der Waals surface area contributed by atoms with Crippen LogP contribution in [0.3, 0.4) is 0 Å². The van der Waals surface area contributed by atoms with Crippen LogP contribution in [0.25, 0.3) is 0 Å². The molecule has 2 aromatic rings. The molecule has 1 saturated carbocycles. The summed E-state index contributed by atoms with van der Waals surface area (Å²) in [5, 5.41) is 0.610. The third-order valence-electron chi connectivity index (χ3n) is 8.75. The first-order chi connectivity index (χ1) is 19.7. The fourth-order valence-corrected chi connectivity index (χ4v) is 6.38. The van der Waals surface area contributed by atoms with E-state index in [1.165, 1.54) is 24.3 Å². The number of likely N-dealkylation sites (tertiary alicyclic amines) is 2. The maximum Gasteiger partial charge on any atom is 0.415 e. The average molecular weight is 586 g/mol. The minimum atomic E-state index is -0.547. The number of methoxy groups -OCH3 is 1. The van der Waals surface area contributed by atoms with E-state index in [9.17, 15) is 18.8 Å². The van der Waals surface area contributed by atoms with E-state index in [4.69, 9.17) is 21.1 Å². The molecule has 1 aliphatic carbocycles. The van der Waals surface area contributed by atoms with Crippen LogP contribution in [0.1, 0.15) is 44.1 Å². The summed E-state index contributed by atoms with van der Waals surface area (Å²) >= 11 is 6.15. The number of carbonyl (C=O) groups is 3. The van der Waals surface area contributed by atoms with E-state index < -0.39 is 11.9 Å². The van der Waals surface area contributed by atoms with E-state index in [0.29, 0.717) is 57.2 Å². The van der Waals surface area contributed by atoms with Crippen LogP contribution in [0.15, 0.2) is 48.5 Å². The highest BCUT2D eigenvalue weighted by Gasteiger charge is 2.52. The Labute approximate surface area is 245 Å². The molecule has 0 spiro atoms. The molecule has 3 amide bonds. The Morgan fingerprint density at radius 2 is 1.66 bits per heavy atom. The number of benzene rings is 2. The average Bonchev–Trinajstić information content (AvgIpc) is 3.64. The van der Waals surface area contributed by atoms with Crippen LogP contribution in [0.2, 0.25) is 5.02 Å². The normalized spacial score (nSPS) is 22.0. The van der Waals surface area contributed by atoms with Gasteiger partial charge in [-0.25, -0.2) is 9.18 Å². The Kier molecular flexibility index (Phi) is 8.85. The number of piperidine rings is 1. The van der Waals surface area contributed by atoms with Crippen LogP contribution in [0.5, 0.6) is 5.75 Å². The van der Waals surface area contributed by atoms with Crippen LogP contribution in [0, 0.1) is 17.2 Å². The molecule has 3 aliphatic rings.